The first-order chi connectivity index (χ1) is 10.1. The SMILES string of the molecule is CC(F)(F)C(F)(F)C(F)(F)C(F)(F)C(F)(F)C(F)(F)C(F)(F)CO. The van der Waals surface area contributed by atoms with Crippen LogP contribution >= 0.6 is 0 Å². The van der Waals surface area contributed by atoms with Gasteiger partial charge in [-0.1, -0.05) is 0 Å². The van der Waals surface area contributed by atoms with Gasteiger partial charge in [0.25, 0.3) is 0 Å². The lowest BCUT2D eigenvalue weighted by molar-refractivity contribution is -0.441. The van der Waals surface area contributed by atoms with Gasteiger partial charge in [-0.05, 0) is 0 Å². The maximum absolute atomic E-state index is 13.0. The molecule has 24 heavy (non-hydrogen) atoms. The summed E-state index contributed by atoms with van der Waals surface area (Å²) in [7, 11) is 0. The van der Waals surface area contributed by atoms with Crippen LogP contribution in [0.5, 0.6) is 0 Å². The summed E-state index contributed by atoms with van der Waals surface area (Å²) in [4.78, 5) is 0. The number of aliphatic hydroxyl groups is 1. The molecule has 0 aromatic carbocycles. The van der Waals surface area contributed by atoms with E-state index in [4.69, 9.17) is 5.11 Å². The highest BCUT2D eigenvalue weighted by Gasteiger charge is 2.92. The highest BCUT2D eigenvalue weighted by atomic mass is 19.4. The molecule has 0 aliphatic carbocycles. The third-order valence-electron chi connectivity index (χ3n) is 2.79. The minimum atomic E-state index is -8.06. The first-order valence-electron chi connectivity index (χ1n) is 5.32. The molecule has 0 aliphatic heterocycles. The first-order valence-corrected chi connectivity index (χ1v) is 5.32. The molecule has 0 rings (SSSR count). The van der Waals surface area contributed by atoms with Gasteiger partial charge in [0.15, 0.2) is 0 Å². The molecule has 0 aromatic heterocycles. The Hall–Kier alpha value is -1.02. The minimum Gasteiger partial charge on any atom is -0.390 e. The molecule has 0 spiro atoms. The van der Waals surface area contributed by atoms with Gasteiger partial charge in [-0.25, -0.2) is 0 Å². The van der Waals surface area contributed by atoms with Gasteiger partial charge >= 0.3 is 41.5 Å². The molecule has 0 saturated heterocycles. The smallest absolute Gasteiger partial charge is 0.384 e. The Kier molecular flexibility index (Phi) is 5.26. The summed E-state index contributed by atoms with van der Waals surface area (Å²) in [6.07, 6.45) is 0. The Labute approximate surface area is 123 Å². The van der Waals surface area contributed by atoms with E-state index < -0.39 is 55.0 Å². The predicted molar refractivity (Wildman–Crippen MR) is 47.4 cm³/mol. The van der Waals surface area contributed by atoms with E-state index in [0.29, 0.717) is 0 Å². The molecule has 1 N–H and O–H groups in total. The summed E-state index contributed by atoms with van der Waals surface area (Å²) in [5, 5.41) is 7.79. The molecule has 0 aromatic rings. The molecule has 0 fully saturated rings. The number of rotatable bonds is 7. The number of alkyl halides is 14. The normalized spacial score (nSPS) is 16.5. The Bertz CT molecular complexity index is 461. The Morgan fingerprint density at radius 2 is 0.750 bits per heavy atom. The third kappa shape index (κ3) is 2.67. The molecule has 0 bridgehead atoms. The van der Waals surface area contributed by atoms with E-state index in [-0.39, 0.29) is 0 Å². The number of hydrogen-bond acceptors (Lipinski definition) is 1. The van der Waals surface area contributed by atoms with Crippen LogP contribution in [0, 0.1) is 0 Å². The van der Waals surface area contributed by atoms with Crippen molar-refractivity contribution in [3.63, 3.8) is 0 Å². The van der Waals surface area contributed by atoms with Crippen molar-refractivity contribution in [2.24, 2.45) is 0 Å². The molecular formula is C9H6F14O. The fourth-order valence-electron chi connectivity index (χ4n) is 1.20. The lowest BCUT2D eigenvalue weighted by Crippen LogP contribution is -2.73. The van der Waals surface area contributed by atoms with Gasteiger partial charge in [-0.2, -0.15) is 61.5 Å². The molecule has 15 heteroatoms. The zero-order chi connectivity index (χ0) is 20.2. The monoisotopic (exact) mass is 396 g/mol. The van der Waals surface area contributed by atoms with E-state index in [1.165, 1.54) is 0 Å². The zero-order valence-corrected chi connectivity index (χ0v) is 10.9. The van der Waals surface area contributed by atoms with Gasteiger partial charge in [-0.15, -0.1) is 0 Å². The quantitative estimate of drug-likeness (QED) is 0.631. The number of halogens is 14. The second-order valence-electron chi connectivity index (χ2n) is 4.62. The van der Waals surface area contributed by atoms with Crippen molar-refractivity contribution < 1.29 is 66.6 Å². The summed E-state index contributed by atoms with van der Waals surface area (Å²) < 4.78 is 178. The molecule has 0 aliphatic rings. The highest BCUT2D eigenvalue weighted by Crippen LogP contribution is 2.61. The van der Waals surface area contributed by atoms with Crippen LogP contribution in [0.2, 0.25) is 0 Å². The average molecular weight is 396 g/mol. The minimum absolute atomic E-state index is 1.12. The molecule has 0 heterocycles. The van der Waals surface area contributed by atoms with Gasteiger partial charge in [-0.3, -0.25) is 0 Å². The van der Waals surface area contributed by atoms with Crippen molar-refractivity contribution in [3.05, 3.63) is 0 Å². The van der Waals surface area contributed by atoms with Crippen molar-refractivity contribution in [3.8, 4) is 0 Å². The van der Waals surface area contributed by atoms with Crippen molar-refractivity contribution in [2.75, 3.05) is 6.61 Å². The Morgan fingerprint density at radius 3 is 1.00 bits per heavy atom. The van der Waals surface area contributed by atoms with Crippen LogP contribution in [0.15, 0.2) is 0 Å². The predicted octanol–water partition coefficient (Wildman–Crippen LogP) is 4.45. The number of aliphatic hydroxyl groups excluding tert-OH is 1. The van der Waals surface area contributed by atoms with Crippen molar-refractivity contribution in [1.82, 2.24) is 0 Å². The van der Waals surface area contributed by atoms with Crippen LogP contribution in [0.1, 0.15) is 6.92 Å². The summed E-state index contributed by atoms with van der Waals surface area (Å²) in [5.41, 5.74) is 0. The summed E-state index contributed by atoms with van der Waals surface area (Å²) in [6.45, 7) is -4.38. The van der Waals surface area contributed by atoms with Crippen LogP contribution in [0.25, 0.3) is 0 Å². The maximum Gasteiger partial charge on any atom is 0.384 e. The van der Waals surface area contributed by atoms with Gasteiger partial charge in [0.1, 0.15) is 6.61 Å². The van der Waals surface area contributed by atoms with Crippen LogP contribution in [-0.2, 0) is 0 Å². The molecule has 0 unspecified atom stereocenters. The summed E-state index contributed by atoms with van der Waals surface area (Å²) in [6, 6.07) is 0. The topological polar surface area (TPSA) is 20.2 Å². The maximum atomic E-state index is 13.0. The molecule has 0 saturated carbocycles. The van der Waals surface area contributed by atoms with E-state index in [9.17, 15) is 61.5 Å². The standard InChI is InChI=1S/C9H6F14O/c1-3(10,11)5(14,15)7(18,19)9(22,23)8(20,21)6(16,17)4(12,13)2-24/h24H,2H2,1H3. The average Bonchev–Trinajstić information content (AvgIpc) is 2.36. The lowest BCUT2D eigenvalue weighted by Gasteiger charge is -2.41. The third-order valence-corrected chi connectivity index (χ3v) is 2.79. The van der Waals surface area contributed by atoms with E-state index in [0.717, 1.165) is 0 Å². The molecule has 146 valence electrons. The second kappa shape index (κ2) is 5.49. The summed E-state index contributed by atoms with van der Waals surface area (Å²) >= 11 is 0. The van der Waals surface area contributed by atoms with E-state index in [1.807, 2.05) is 0 Å². The molecule has 0 amide bonds. The molecular weight excluding hydrogens is 390 g/mol. The zero-order valence-electron chi connectivity index (χ0n) is 10.9. The first kappa shape index (κ1) is 23.0. The van der Waals surface area contributed by atoms with Gasteiger partial charge in [0, 0.05) is 6.92 Å². The lowest BCUT2D eigenvalue weighted by atomic mass is 9.90. The number of hydrogen-bond donors (Lipinski definition) is 1. The van der Waals surface area contributed by atoms with E-state index in [1.54, 1.807) is 0 Å². The largest absolute Gasteiger partial charge is 0.390 e. The van der Waals surface area contributed by atoms with Crippen LogP contribution < -0.4 is 0 Å². The fraction of sp³-hybridized carbons (Fsp3) is 1.00. The second-order valence-corrected chi connectivity index (χ2v) is 4.62. The Balaban J connectivity index is 6.42. The summed E-state index contributed by atoms with van der Waals surface area (Å²) in [5.74, 6) is -51.3. The van der Waals surface area contributed by atoms with Crippen molar-refractivity contribution in [2.45, 2.75) is 48.4 Å². The van der Waals surface area contributed by atoms with Crippen LogP contribution in [0.3, 0.4) is 0 Å². The molecule has 0 radical (unpaired) electrons. The van der Waals surface area contributed by atoms with Crippen LogP contribution in [0.4, 0.5) is 61.5 Å². The van der Waals surface area contributed by atoms with Gasteiger partial charge in [0.2, 0.25) is 0 Å². The highest BCUT2D eigenvalue weighted by molar-refractivity contribution is 5.13. The molecule has 0 atom stereocenters. The van der Waals surface area contributed by atoms with Crippen molar-refractivity contribution in [1.29, 1.82) is 0 Å². The van der Waals surface area contributed by atoms with Gasteiger partial charge < -0.3 is 5.11 Å². The van der Waals surface area contributed by atoms with Crippen LogP contribution in [-0.4, -0.2) is 53.2 Å². The Morgan fingerprint density at radius 1 is 0.500 bits per heavy atom. The van der Waals surface area contributed by atoms with E-state index >= 15 is 0 Å². The van der Waals surface area contributed by atoms with Gasteiger partial charge in [0.05, 0.1) is 0 Å². The van der Waals surface area contributed by atoms with Crippen molar-refractivity contribution >= 4 is 0 Å². The van der Waals surface area contributed by atoms with E-state index in [2.05, 4.69) is 0 Å². The fourth-order valence-corrected chi connectivity index (χ4v) is 1.20. The molecule has 1 nitrogen and oxygen atoms in total.